The zero-order valence-corrected chi connectivity index (χ0v) is 15.4. The molecule has 0 aromatic carbocycles. The molecule has 25 heavy (non-hydrogen) atoms. The zero-order chi connectivity index (χ0) is 18.0. The standard InChI is InChI=1S/C17H30N6O2/c1-22(2)13-6-11-9-23(10-12(11)7-14(13)25-3)16-8-15(19-4-5-24)20-17(18)21-16/h8,11-14,24H,4-7,9-10H2,1-3H3,(H3,18,19,20,21)/t11-,12+,13-,14-/m1/s1. The number of likely N-dealkylation sites (N-methyl/N-ethyl adjacent to an activating group) is 1. The van der Waals surface area contributed by atoms with E-state index in [1.165, 1.54) is 0 Å². The van der Waals surface area contributed by atoms with E-state index < -0.39 is 0 Å². The average Bonchev–Trinajstić information content (AvgIpc) is 3.01. The molecule has 4 N–H and O–H groups in total. The molecule has 4 atom stereocenters. The maximum absolute atomic E-state index is 8.97. The molecular formula is C17H30N6O2. The van der Waals surface area contributed by atoms with Gasteiger partial charge in [0.2, 0.25) is 5.95 Å². The maximum atomic E-state index is 8.97. The Bertz CT molecular complexity index is 584. The normalized spacial score (nSPS) is 29.1. The molecule has 0 radical (unpaired) electrons. The Morgan fingerprint density at radius 1 is 1.32 bits per heavy atom. The highest BCUT2D eigenvalue weighted by molar-refractivity contribution is 5.53. The van der Waals surface area contributed by atoms with Crippen LogP contribution in [-0.2, 0) is 4.74 Å². The number of fused-ring (bicyclic) bond motifs is 1. The fraction of sp³-hybridized carbons (Fsp3) is 0.765. The van der Waals surface area contributed by atoms with E-state index in [0.29, 0.717) is 30.2 Å². The highest BCUT2D eigenvalue weighted by Crippen LogP contribution is 2.40. The van der Waals surface area contributed by atoms with Crippen molar-refractivity contribution in [3.8, 4) is 0 Å². The first-order valence-electron chi connectivity index (χ1n) is 8.95. The minimum atomic E-state index is 0.0530. The Labute approximate surface area is 149 Å². The number of rotatable bonds is 6. The zero-order valence-electron chi connectivity index (χ0n) is 15.4. The topological polar surface area (TPSA) is 99.8 Å². The molecule has 1 saturated carbocycles. The van der Waals surface area contributed by atoms with Gasteiger partial charge in [-0.25, -0.2) is 0 Å². The lowest BCUT2D eigenvalue weighted by atomic mass is 9.77. The van der Waals surface area contributed by atoms with Gasteiger partial charge in [-0.1, -0.05) is 0 Å². The summed E-state index contributed by atoms with van der Waals surface area (Å²) in [5, 5.41) is 12.0. The molecule has 3 rings (SSSR count). The molecule has 1 saturated heterocycles. The summed E-state index contributed by atoms with van der Waals surface area (Å²) in [6, 6.07) is 2.38. The first-order chi connectivity index (χ1) is 12.0. The Balaban J connectivity index is 1.73. The molecule has 0 spiro atoms. The van der Waals surface area contributed by atoms with Gasteiger partial charge in [0.05, 0.1) is 12.7 Å². The van der Waals surface area contributed by atoms with E-state index >= 15 is 0 Å². The van der Waals surface area contributed by atoms with Gasteiger partial charge in [-0.15, -0.1) is 0 Å². The summed E-state index contributed by atoms with van der Waals surface area (Å²) in [6.45, 7) is 2.46. The Kier molecular flexibility index (Phi) is 5.61. The van der Waals surface area contributed by atoms with Crippen LogP contribution in [0, 0.1) is 11.8 Å². The molecule has 0 amide bonds. The number of ether oxygens (including phenoxy) is 1. The summed E-state index contributed by atoms with van der Waals surface area (Å²) in [6.07, 6.45) is 2.51. The predicted octanol–water partition coefficient (Wildman–Crippen LogP) is 0.254. The summed E-state index contributed by atoms with van der Waals surface area (Å²) >= 11 is 0. The first kappa shape index (κ1) is 18.2. The van der Waals surface area contributed by atoms with Crippen LogP contribution in [0.25, 0.3) is 0 Å². The fourth-order valence-electron chi connectivity index (χ4n) is 4.26. The summed E-state index contributed by atoms with van der Waals surface area (Å²) < 4.78 is 5.76. The number of aliphatic hydroxyl groups is 1. The molecule has 1 aromatic heterocycles. The van der Waals surface area contributed by atoms with Crippen LogP contribution in [0.2, 0.25) is 0 Å². The molecule has 1 aliphatic carbocycles. The second-order valence-electron chi connectivity index (χ2n) is 7.32. The van der Waals surface area contributed by atoms with Gasteiger partial charge in [0.25, 0.3) is 0 Å². The van der Waals surface area contributed by atoms with Gasteiger partial charge in [0.1, 0.15) is 11.6 Å². The molecule has 2 fully saturated rings. The van der Waals surface area contributed by atoms with Crippen LogP contribution in [0.1, 0.15) is 12.8 Å². The van der Waals surface area contributed by atoms with E-state index in [4.69, 9.17) is 15.6 Å². The number of nitrogens with zero attached hydrogens (tertiary/aromatic N) is 4. The molecule has 1 aliphatic heterocycles. The van der Waals surface area contributed by atoms with Gasteiger partial charge in [0.15, 0.2) is 0 Å². The number of aliphatic hydroxyl groups excluding tert-OH is 1. The van der Waals surface area contributed by atoms with Crippen LogP contribution < -0.4 is 16.0 Å². The Morgan fingerprint density at radius 3 is 2.68 bits per heavy atom. The van der Waals surface area contributed by atoms with Crippen molar-refractivity contribution in [2.45, 2.75) is 25.0 Å². The van der Waals surface area contributed by atoms with Crippen LogP contribution in [0.4, 0.5) is 17.6 Å². The van der Waals surface area contributed by atoms with Gasteiger partial charge in [-0.3, -0.25) is 0 Å². The largest absolute Gasteiger partial charge is 0.395 e. The Morgan fingerprint density at radius 2 is 2.04 bits per heavy atom. The number of hydrogen-bond donors (Lipinski definition) is 3. The van der Waals surface area contributed by atoms with Gasteiger partial charge in [-0.2, -0.15) is 9.97 Å². The third-order valence-electron chi connectivity index (χ3n) is 5.52. The fourth-order valence-corrected chi connectivity index (χ4v) is 4.26. The second-order valence-corrected chi connectivity index (χ2v) is 7.32. The minimum absolute atomic E-state index is 0.0530. The number of nitrogens with one attached hydrogen (secondary N) is 1. The quantitative estimate of drug-likeness (QED) is 0.672. The number of aromatic nitrogens is 2. The number of anilines is 3. The Hall–Kier alpha value is -1.64. The number of nitrogen functional groups attached to an aromatic ring is 1. The summed E-state index contributed by atoms with van der Waals surface area (Å²) in [4.78, 5) is 13.2. The minimum Gasteiger partial charge on any atom is -0.395 e. The van der Waals surface area contributed by atoms with Gasteiger partial charge in [0, 0.05) is 38.9 Å². The van der Waals surface area contributed by atoms with Crippen molar-refractivity contribution in [3.63, 3.8) is 0 Å². The van der Waals surface area contributed by atoms with Gasteiger partial charge < -0.3 is 30.7 Å². The molecule has 0 unspecified atom stereocenters. The van der Waals surface area contributed by atoms with Crippen molar-refractivity contribution >= 4 is 17.6 Å². The molecule has 0 bridgehead atoms. The second kappa shape index (κ2) is 7.72. The van der Waals surface area contributed by atoms with E-state index in [1.54, 1.807) is 0 Å². The molecular weight excluding hydrogens is 320 g/mol. The summed E-state index contributed by atoms with van der Waals surface area (Å²) in [5.41, 5.74) is 5.87. The van der Waals surface area contributed by atoms with E-state index in [-0.39, 0.29) is 18.7 Å². The molecule has 2 aliphatic rings. The monoisotopic (exact) mass is 350 g/mol. The van der Waals surface area contributed by atoms with Crippen LogP contribution >= 0.6 is 0 Å². The smallest absolute Gasteiger partial charge is 0.223 e. The predicted molar refractivity (Wildman–Crippen MR) is 98.7 cm³/mol. The lowest BCUT2D eigenvalue weighted by Crippen LogP contribution is -2.47. The van der Waals surface area contributed by atoms with Crippen LogP contribution in [-0.4, -0.2) is 79.6 Å². The molecule has 1 aromatic rings. The molecule has 8 nitrogen and oxygen atoms in total. The summed E-state index contributed by atoms with van der Waals surface area (Å²) in [5.74, 6) is 3.04. The number of nitrogens with two attached hydrogens (primary N) is 1. The first-order valence-corrected chi connectivity index (χ1v) is 8.95. The van der Waals surface area contributed by atoms with Gasteiger partial charge >= 0.3 is 0 Å². The van der Waals surface area contributed by atoms with Crippen molar-refractivity contribution in [2.75, 3.05) is 63.4 Å². The molecule has 2 heterocycles. The van der Waals surface area contributed by atoms with Crippen molar-refractivity contribution in [1.29, 1.82) is 0 Å². The average molecular weight is 350 g/mol. The van der Waals surface area contributed by atoms with Crippen LogP contribution in [0.3, 0.4) is 0 Å². The highest BCUT2D eigenvalue weighted by atomic mass is 16.5. The lowest BCUT2D eigenvalue weighted by molar-refractivity contribution is -0.0209. The maximum Gasteiger partial charge on any atom is 0.223 e. The lowest BCUT2D eigenvalue weighted by Gasteiger charge is -2.40. The number of methoxy groups -OCH3 is 1. The van der Waals surface area contributed by atoms with Crippen molar-refractivity contribution in [1.82, 2.24) is 14.9 Å². The third kappa shape index (κ3) is 3.96. The highest BCUT2D eigenvalue weighted by Gasteiger charge is 2.43. The van der Waals surface area contributed by atoms with E-state index in [0.717, 1.165) is 31.7 Å². The summed E-state index contributed by atoms with van der Waals surface area (Å²) in [7, 11) is 6.08. The number of hydrogen-bond acceptors (Lipinski definition) is 8. The SMILES string of the molecule is CO[C@@H]1C[C@H]2CN(c3cc(NCCO)nc(N)n3)C[C@H]2C[C@H]1N(C)C. The van der Waals surface area contributed by atoms with Crippen LogP contribution in [0.15, 0.2) is 6.07 Å². The molecule has 140 valence electrons. The third-order valence-corrected chi connectivity index (χ3v) is 5.52. The van der Waals surface area contributed by atoms with Crippen molar-refractivity contribution < 1.29 is 9.84 Å². The van der Waals surface area contributed by atoms with E-state index in [2.05, 4.69) is 39.2 Å². The molecule has 8 heteroatoms. The van der Waals surface area contributed by atoms with Crippen LogP contribution in [0.5, 0.6) is 0 Å². The van der Waals surface area contributed by atoms with E-state index in [1.807, 2.05) is 13.2 Å². The van der Waals surface area contributed by atoms with E-state index in [9.17, 15) is 0 Å². The van der Waals surface area contributed by atoms with Crippen molar-refractivity contribution in [3.05, 3.63) is 6.07 Å². The van der Waals surface area contributed by atoms with Crippen molar-refractivity contribution in [2.24, 2.45) is 11.8 Å². The van der Waals surface area contributed by atoms with Gasteiger partial charge in [-0.05, 0) is 38.8 Å².